The summed E-state index contributed by atoms with van der Waals surface area (Å²) in [6.45, 7) is 10.1. The molecule has 1 saturated heterocycles. The van der Waals surface area contributed by atoms with Crippen molar-refractivity contribution in [3.63, 3.8) is 0 Å². The van der Waals surface area contributed by atoms with Gasteiger partial charge in [0.2, 0.25) is 5.91 Å². The van der Waals surface area contributed by atoms with Crippen molar-refractivity contribution in [3.8, 4) is 0 Å². The van der Waals surface area contributed by atoms with Crippen LogP contribution in [0.1, 0.15) is 36.7 Å². The zero-order valence-electron chi connectivity index (χ0n) is 14.5. The number of carbonyl (C=O) groups is 2. The lowest BCUT2D eigenvalue weighted by atomic mass is 9.86. The molecule has 0 radical (unpaired) electrons. The number of piperazine rings is 1. The second kappa shape index (κ2) is 6.71. The lowest BCUT2D eigenvalue weighted by Crippen LogP contribution is -2.56. The van der Waals surface area contributed by atoms with E-state index in [-0.39, 0.29) is 17.2 Å². The number of carbonyl (C=O) groups excluding carboxylic acids is 2. The van der Waals surface area contributed by atoms with Gasteiger partial charge in [-0.05, 0) is 24.5 Å². The van der Waals surface area contributed by atoms with Crippen LogP contribution in [0.2, 0.25) is 0 Å². The summed E-state index contributed by atoms with van der Waals surface area (Å²) in [5.74, 6) is -0.00264. The Kier molecular flexibility index (Phi) is 5.09. The Morgan fingerprint density at radius 2 is 1.48 bits per heavy atom. The maximum absolute atomic E-state index is 12.5. The van der Waals surface area contributed by atoms with Gasteiger partial charge >= 0.3 is 0 Å². The van der Waals surface area contributed by atoms with E-state index in [2.05, 4.69) is 0 Å². The van der Waals surface area contributed by atoms with Gasteiger partial charge in [-0.25, -0.2) is 0 Å². The van der Waals surface area contributed by atoms with Gasteiger partial charge in [-0.3, -0.25) is 9.59 Å². The molecule has 0 saturated carbocycles. The number of amides is 2. The molecule has 1 aromatic carbocycles. The number of hydrogen-bond acceptors (Lipinski definition) is 3. The Balaban J connectivity index is 1.94. The third kappa shape index (κ3) is 4.10. The quantitative estimate of drug-likeness (QED) is 0.902. The van der Waals surface area contributed by atoms with Gasteiger partial charge in [0.15, 0.2) is 0 Å². The first-order valence-corrected chi connectivity index (χ1v) is 8.10. The molecule has 1 heterocycles. The van der Waals surface area contributed by atoms with Crippen molar-refractivity contribution in [3.05, 3.63) is 35.4 Å². The van der Waals surface area contributed by atoms with Crippen LogP contribution in [0.4, 0.5) is 0 Å². The number of nitrogens with two attached hydrogens (primary N) is 1. The van der Waals surface area contributed by atoms with Crippen molar-refractivity contribution in [2.24, 2.45) is 11.1 Å². The normalized spacial score (nSPS) is 17.1. The number of aryl methyl sites for hydroxylation is 1. The first-order valence-electron chi connectivity index (χ1n) is 8.10. The van der Waals surface area contributed by atoms with Gasteiger partial charge in [-0.1, -0.05) is 38.5 Å². The minimum absolute atomic E-state index is 0.0252. The molecule has 2 rings (SSSR count). The summed E-state index contributed by atoms with van der Waals surface area (Å²) in [6.07, 6.45) is 0. The largest absolute Gasteiger partial charge is 0.338 e. The van der Waals surface area contributed by atoms with Crippen LogP contribution in [-0.2, 0) is 4.79 Å². The fourth-order valence-electron chi connectivity index (χ4n) is 2.58. The first kappa shape index (κ1) is 17.5. The van der Waals surface area contributed by atoms with Crippen LogP contribution in [0.5, 0.6) is 0 Å². The van der Waals surface area contributed by atoms with Crippen LogP contribution in [0, 0.1) is 12.3 Å². The summed E-state index contributed by atoms with van der Waals surface area (Å²) >= 11 is 0. The maximum Gasteiger partial charge on any atom is 0.253 e. The average molecular weight is 317 g/mol. The Labute approximate surface area is 138 Å². The van der Waals surface area contributed by atoms with E-state index in [1.54, 1.807) is 9.80 Å². The minimum Gasteiger partial charge on any atom is -0.338 e. The molecular weight excluding hydrogens is 290 g/mol. The van der Waals surface area contributed by atoms with Gasteiger partial charge in [0, 0.05) is 31.7 Å². The highest BCUT2D eigenvalue weighted by atomic mass is 16.2. The van der Waals surface area contributed by atoms with E-state index in [1.807, 2.05) is 52.0 Å². The van der Waals surface area contributed by atoms with Crippen LogP contribution < -0.4 is 5.73 Å². The number of hydrogen-bond donors (Lipinski definition) is 1. The molecule has 126 valence electrons. The molecule has 1 aliphatic rings. The predicted molar refractivity (Wildman–Crippen MR) is 91.1 cm³/mol. The van der Waals surface area contributed by atoms with Crippen LogP contribution in [0.3, 0.4) is 0 Å². The third-order valence-corrected chi connectivity index (χ3v) is 4.38. The van der Waals surface area contributed by atoms with E-state index in [9.17, 15) is 9.59 Å². The summed E-state index contributed by atoms with van der Waals surface area (Å²) in [7, 11) is 0. The third-order valence-electron chi connectivity index (χ3n) is 4.38. The van der Waals surface area contributed by atoms with E-state index in [0.29, 0.717) is 31.7 Å². The Morgan fingerprint density at radius 1 is 1.00 bits per heavy atom. The smallest absolute Gasteiger partial charge is 0.253 e. The maximum atomic E-state index is 12.5. The standard InChI is InChI=1S/C18H27N3O2/c1-13-5-7-14(8-6-13)16(22)20-9-11-21(12-10-20)17(23)15(19)18(2,3)4/h5-8,15H,9-12,19H2,1-4H3/t15-/m1/s1. The van der Waals surface area contributed by atoms with Crippen molar-refractivity contribution in [2.75, 3.05) is 26.2 Å². The van der Waals surface area contributed by atoms with Gasteiger partial charge in [0.25, 0.3) is 5.91 Å². The van der Waals surface area contributed by atoms with Crippen molar-refractivity contribution in [1.82, 2.24) is 9.80 Å². The molecule has 2 amide bonds. The molecule has 1 fully saturated rings. The molecule has 2 N–H and O–H groups in total. The molecule has 1 aromatic rings. The van der Waals surface area contributed by atoms with Crippen LogP contribution in [0.15, 0.2) is 24.3 Å². The van der Waals surface area contributed by atoms with Crippen molar-refractivity contribution < 1.29 is 9.59 Å². The predicted octanol–water partition coefficient (Wildman–Crippen LogP) is 1.65. The fourth-order valence-corrected chi connectivity index (χ4v) is 2.58. The first-order chi connectivity index (χ1) is 10.7. The summed E-state index contributed by atoms with van der Waals surface area (Å²) in [5, 5.41) is 0. The molecule has 0 aromatic heterocycles. The van der Waals surface area contributed by atoms with Crippen molar-refractivity contribution in [1.29, 1.82) is 0 Å². The monoisotopic (exact) mass is 317 g/mol. The van der Waals surface area contributed by atoms with Gasteiger partial charge in [-0.2, -0.15) is 0 Å². The molecule has 1 aliphatic heterocycles. The molecule has 5 heteroatoms. The summed E-state index contributed by atoms with van der Waals surface area (Å²) in [6, 6.07) is 7.07. The molecular formula is C18H27N3O2. The topological polar surface area (TPSA) is 66.6 Å². The zero-order valence-corrected chi connectivity index (χ0v) is 14.5. The SMILES string of the molecule is Cc1ccc(C(=O)N2CCN(C(=O)[C@@H](N)C(C)(C)C)CC2)cc1. The highest BCUT2D eigenvalue weighted by Gasteiger charge is 2.33. The Bertz CT molecular complexity index is 567. The number of nitrogens with zero attached hydrogens (tertiary/aromatic N) is 2. The number of rotatable bonds is 2. The second-order valence-corrected chi connectivity index (χ2v) is 7.33. The van der Waals surface area contributed by atoms with Crippen LogP contribution in [-0.4, -0.2) is 53.8 Å². The second-order valence-electron chi connectivity index (χ2n) is 7.33. The van der Waals surface area contributed by atoms with Crippen LogP contribution >= 0.6 is 0 Å². The molecule has 0 unspecified atom stereocenters. The van der Waals surface area contributed by atoms with E-state index in [0.717, 1.165) is 5.56 Å². The fraction of sp³-hybridized carbons (Fsp3) is 0.556. The minimum atomic E-state index is -0.512. The summed E-state index contributed by atoms with van der Waals surface area (Å²) < 4.78 is 0. The lowest BCUT2D eigenvalue weighted by Gasteiger charge is -2.38. The van der Waals surface area contributed by atoms with Gasteiger partial charge in [0.1, 0.15) is 0 Å². The summed E-state index contributed by atoms with van der Waals surface area (Å²) in [5.41, 5.74) is 7.62. The molecule has 0 bridgehead atoms. The van der Waals surface area contributed by atoms with Gasteiger partial charge < -0.3 is 15.5 Å². The lowest BCUT2D eigenvalue weighted by molar-refractivity contribution is -0.136. The van der Waals surface area contributed by atoms with E-state index in [4.69, 9.17) is 5.73 Å². The average Bonchev–Trinajstić information content (AvgIpc) is 2.53. The highest BCUT2D eigenvalue weighted by molar-refractivity contribution is 5.94. The Morgan fingerprint density at radius 3 is 1.96 bits per heavy atom. The molecule has 0 aliphatic carbocycles. The zero-order chi connectivity index (χ0) is 17.2. The van der Waals surface area contributed by atoms with Crippen LogP contribution in [0.25, 0.3) is 0 Å². The number of benzene rings is 1. The van der Waals surface area contributed by atoms with Gasteiger partial charge in [-0.15, -0.1) is 0 Å². The summed E-state index contributed by atoms with van der Waals surface area (Å²) in [4.78, 5) is 28.5. The molecule has 23 heavy (non-hydrogen) atoms. The van der Waals surface area contributed by atoms with E-state index >= 15 is 0 Å². The van der Waals surface area contributed by atoms with E-state index in [1.165, 1.54) is 0 Å². The molecule has 1 atom stereocenters. The van der Waals surface area contributed by atoms with Crippen molar-refractivity contribution >= 4 is 11.8 Å². The van der Waals surface area contributed by atoms with Gasteiger partial charge in [0.05, 0.1) is 6.04 Å². The molecule has 5 nitrogen and oxygen atoms in total. The highest BCUT2D eigenvalue weighted by Crippen LogP contribution is 2.20. The van der Waals surface area contributed by atoms with Crippen molar-refractivity contribution in [2.45, 2.75) is 33.7 Å². The molecule has 0 spiro atoms. The van der Waals surface area contributed by atoms with E-state index < -0.39 is 6.04 Å². The Hall–Kier alpha value is -1.88.